The van der Waals surface area contributed by atoms with Crippen molar-refractivity contribution < 1.29 is 14.3 Å². The van der Waals surface area contributed by atoms with Gasteiger partial charge >= 0.3 is 0 Å². The maximum Gasteiger partial charge on any atom is 0.251 e. The summed E-state index contributed by atoms with van der Waals surface area (Å²) in [7, 11) is 3.64. The molecule has 1 unspecified atom stereocenters. The highest BCUT2D eigenvalue weighted by Crippen LogP contribution is 2.12. The van der Waals surface area contributed by atoms with Crippen LogP contribution in [0.5, 0.6) is 5.75 Å². The molecule has 0 aromatic heterocycles. The van der Waals surface area contributed by atoms with Gasteiger partial charge in [-0.05, 0) is 25.2 Å². The SMILES string of the molecule is COc1cccc(C(=O)NCC2CN(C)CCO2)c1. The van der Waals surface area contributed by atoms with Crippen molar-refractivity contribution in [1.82, 2.24) is 10.2 Å². The second-order valence-corrected chi connectivity index (χ2v) is 4.70. The number of rotatable bonds is 4. The number of methoxy groups -OCH3 is 1. The van der Waals surface area contributed by atoms with E-state index in [0.29, 0.717) is 17.9 Å². The van der Waals surface area contributed by atoms with E-state index in [1.54, 1.807) is 25.3 Å². The van der Waals surface area contributed by atoms with Gasteiger partial charge in [-0.3, -0.25) is 4.79 Å². The molecule has 1 amide bonds. The average Bonchev–Trinajstić information content (AvgIpc) is 2.45. The van der Waals surface area contributed by atoms with Gasteiger partial charge in [-0.2, -0.15) is 0 Å². The van der Waals surface area contributed by atoms with Crippen molar-refractivity contribution in [2.45, 2.75) is 6.10 Å². The van der Waals surface area contributed by atoms with Gasteiger partial charge in [-0.25, -0.2) is 0 Å². The summed E-state index contributed by atoms with van der Waals surface area (Å²) in [6, 6.07) is 7.11. The first kappa shape index (κ1) is 13.8. The Hall–Kier alpha value is -1.59. The van der Waals surface area contributed by atoms with Crippen molar-refractivity contribution in [3.63, 3.8) is 0 Å². The summed E-state index contributed by atoms with van der Waals surface area (Å²) in [5, 5.41) is 2.89. The molecule has 1 saturated heterocycles. The molecule has 19 heavy (non-hydrogen) atoms. The molecule has 104 valence electrons. The van der Waals surface area contributed by atoms with Crippen LogP contribution in [0.1, 0.15) is 10.4 Å². The average molecular weight is 264 g/mol. The molecule has 0 spiro atoms. The third-order valence-electron chi connectivity index (χ3n) is 3.16. The molecular formula is C14H20N2O3. The molecule has 0 saturated carbocycles. The summed E-state index contributed by atoms with van der Waals surface area (Å²) in [4.78, 5) is 14.2. The number of carbonyl (C=O) groups is 1. The standard InChI is InChI=1S/C14H20N2O3/c1-16-6-7-19-13(10-16)9-15-14(17)11-4-3-5-12(8-11)18-2/h3-5,8,13H,6-7,9-10H2,1-2H3,(H,15,17). The Morgan fingerprint density at radius 2 is 2.42 bits per heavy atom. The zero-order valence-electron chi connectivity index (χ0n) is 11.4. The minimum absolute atomic E-state index is 0.0632. The predicted octanol–water partition coefficient (Wildman–Crippen LogP) is 0.756. The van der Waals surface area contributed by atoms with Gasteiger partial charge in [-0.15, -0.1) is 0 Å². The molecule has 0 radical (unpaired) electrons. The molecule has 1 N–H and O–H groups in total. The van der Waals surface area contributed by atoms with E-state index >= 15 is 0 Å². The second-order valence-electron chi connectivity index (χ2n) is 4.70. The molecule has 1 aromatic rings. The van der Waals surface area contributed by atoms with Gasteiger partial charge < -0.3 is 19.7 Å². The van der Waals surface area contributed by atoms with Gasteiger partial charge in [0, 0.05) is 25.2 Å². The quantitative estimate of drug-likeness (QED) is 0.872. The van der Waals surface area contributed by atoms with E-state index in [9.17, 15) is 4.79 Å². The fraction of sp³-hybridized carbons (Fsp3) is 0.500. The lowest BCUT2D eigenvalue weighted by Crippen LogP contribution is -2.45. The summed E-state index contributed by atoms with van der Waals surface area (Å²) in [6.45, 7) is 3.04. The summed E-state index contributed by atoms with van der Waals surface area (Å²) in [5.74, 6) is 0.581. The molecule has 1 aliphatic rings. The van der Waals surface area contributed by atoms with Crippen LogP contribution in [0.4, 0.5) is 0 Å². The first-order valence-corrected chi connectivity index (χ1v) is 6.41. The predicted molar refractivity (Wildman–Crippen MR) is 72.6 cm³/mol. The van der Waals surface area contributed by atoms with E-state index < -0.39 is 0 Å². The fourth-order valence-electron chi connectivity index (χ4n) is 2.06. The number of nitrogens with one attached hydrogen (secondary N) is 1. The molecule has 1 heterocycles. The molecule has 0 aliphatic carbocycles. The molecule has 0 bridgehead atoms. The number of carbonyl (C=O) groups excluding carboxylic acids is 1. The lowest BCUT2D eigenvalue weighted by Gasteiger charge is -2.30. The van der Waals surface area contributed by atoms with Crippen molar-refractivity contribution >= 4 is 5.91 Å². The van der Waals surface area contributed by atoms with E-state index in [0.717, 1.165) is 19.7 Å². The zero-order chi connectivity index (χ0) is 13.7. The Balaban J connectivity index is 1.86. The van der Waals surface area contributed by atoms with Crippen LogP contribution < -0.4 is 10.1 Å². The summed E-state index contributed by atoms with van der Waals surface area (Å²) in [5.41, 5.74) is 0.600. The Labute approximate surface area is 113 Å². The topological polar surface area (TPSA) is 50.8 Å². The van der Waals surface area contributed by atoms with Crippen LogP contribution in [-0.2, 0) is 4.74 Å². The monoisotopic (exact) mass is 264 g/mol. The van der Waals surface area contributed by atoms with Gasteiger partial charge in [0.2, 0.25) is 0 Å². The highest BCUT2D eigenvalue weighted by Gasteiger charge is 2.18. The van der Waals surface area contributed by atoms with Crippen LogP contribution in [0.3, 0.4) is 0 Å². The van der Waals surface area contributed by atoms with Crippen LogP contribution >= 0.6 is 0 Å². The zero-order valence-corrected chi connectivity index (χ0v) is 11.4. The molecule has 5 nitrogen and oxygen atoms in total. The highest BCUT2D eigenvalue weighted by molar-refractivity contribution is 5.94. The van der Waals surface area contributed by atoms with E-state index in [1.807, 2.05) is 6.07 Å². The number of likely N-dealkylation sites (N-methyl/N-ethyl adjacent to an activating group) is 1. The molecule has 1 atom stereocenters. The van der Waals surface area contributed by atoms with Crippen LogP contribution in [0.25, 0.3) is 0 Å². The molecule has 1 aliphatic heterocycles. The number of ether oxygens (including phenoxy) is 2. The van der Waals surface area contributed by atoms with Gasteiger partial charge in [0.25, 0.3) is 5.91 Å². The van der Waals surface area contributed by atoms with Crippen LogP contribution in [-0.4, -0.2) is 57.3 Å². The molecule has 1 fully saturated rings. The maximum absolute atomic E-state index is 12.0. The minimum atomic E-state index is -0.101. The number of hydrogen-bond donors (Lipinski definition) is 1. The first-order valence-electron chi connectivity index (χ1n) is 6.41. The van der Waals surface area contributed by atoms with Crippen molar-refractivity contribution in [1.29, 1.82) is 0 Å². The number of benzene rings is 1. The number of amides is 1. The number of nitrogens with zero attached hydrogens (tertiary/aromatic N) is 1. The van der Waals surface area contributed by atoms with E-state index in [4.69, 9.17) is 9.47 Å². The second kappa shape index (κ2) is 6.54. The van der Waals surface area contributed by atoms with Gasteiger partial charge in [0.05, 0.1) is 19.8 Å². The van der Waals surface area contributed by atoms with Gasteiger partial charge in [-0.1, -0.05) is 6.07 Å². The van der Waals surface area contributed by atoms with Crippen LogP contribution in [0, 0.1) is 0 Å². The Morgan fingerprint density at radius 1 is 1.58 bits per heavy atom. The summed E-state index contributed by atoms with van der Waals surface area (Å²) < 4.78 is 10.7. The first-order chi connectivity index (χ1) is 9.19. The maximum atomic E-state index is 12.0. The highest BCUT2D eigenvalue weighted by atomic mass is 16.5. The summed E-state index contributed by atoms with van der Waals surface area (Å²) in [6.07, 6.45) is 0.0632. The lowest BCUT2D eigenvalue weighted by atomic mass is 10.2. The van der Waals surface area contributed by atoms with E-state index in [1.165, 1.54) is 0 Å². The number of morpholine rings is 1. The Morgan fingerprint density at radius 3 is 3.16 bits per heavy atom. The molecule has 2 rings (SSSR count). The molecular weight excluding hydrogens is 244 g/mol. The molecule has 5 heteroatoms. The van der Waals surface area contributed by atoms with E-state index in [2.05, 4.69) is 17.3 Å². The third kappa shape index (κ3) is 3.94. The van der Waals surface area contributed by atoms with E-state index in [-0.39, 0.29) is 12.0 Å². The van der Waals surface area contributed by atoms with Crippen molar-refractivity contribution in [2.75, 3.05) is 40.4 Å². The molecule has 1 aromatic carbocycles. The lowest BCUT2D eigenvalue weighted by molar-refractivity contribution is -0.0175. The smallest absolute Gasteiger partial charge is 0.251 e. The van der Waals surface area contributed by atoms with Gasteiger partial charge in [0.1, 0.15) is 5.75 Å². The third-order valence-corrected chi connectivity index (χ3v) is 3.16. The number of hydrogen-bond acceptors (Lipinski definition) is 4. The largest absolute Gasteiger partial charge is 0.497 e. The minimum Gasteiger partial charge on any atom is -0.497 e. The summed E-state index contributed by atoms with van der Waals surface area (Å²) >= 11 is 0. The Kier molecular flexibility index (Phi) is 4.76. The Bertz CT molecular complexity index is 436. The van der Waals surface area contributed by atoms with Crippen molar-refractivity contribution in [2.24, 2.45) is 0 Å². The van der Waals surface area contributed by atoms with Crippen molar-refractivity contribution in [3.8, 4) is 5.75 Å². The van der Waals surface area contributed by atoms with Crippen LogP contribution in [0.15, 0.2) is 24.3 Å². The fourth-order valence-corrected chi connectivity index (χ4v) is 2.06. The van der Waals surface area contributed by atoms with Crippen molar-refractivity contribution in [3.05, 3.63) is 29.8 Å². The van der Waals surface area contributed by atoms with Gasteiger partial charge in [0.15, 0.2) is 0 Å². The normalized spacial score (nSPS) is 20.0. The van der Waals surface area contributed by atoms with Crippen LogP contribution in [0.2, 0.25) is 0 Å².